The molecule has 84 valence electrons. The van der Waals surface area contributed by atoms with Gasteiger partial charge in [0.15, 0.2) is 0 Å². The van der Waals surface area contributed by atoms with Crippen LogP contribution in [0.5, 0.6) is 0 Å². The molecule has 0 saturated heterocycles. The van der Waals surface area contributed by atoms with Gasteiger partial charge < -0.3 is 10.2 Å². The molecule has 0 aliphatic heterocycles. The van der Waals surface area contributed by atoms with Crippen LogP contribution < -0.4 is 5.32 Å². The van der Waals surface area contributed by atoms with E-state index < -0.39 is 0 Å². The van der Waals surface area contributed by atoms with E-state index >= 15 is 0 Å². The summed E-state index contributed by atoms with van der Waals surface area (Å²) in [6, 6.07) is 8.68. The van der Waals surface area contributed by atoms with Crippen LogP contribution in [0.2, 0.25) is 0 Å². The van der Waals surface area contributed by atoms with E-state index in [0.29, 0.717) is 0 Å². The minimum atomic E-state index is 1.14. The molecule has 0 bridgehead atoms. The summed E-state index contributed by atoms with van der Waals surface area (Å²) in [4.78, 5) is 2.45. The first kappa shape index (κ1) is 12.1. The summed E-state index contributed by atoms with van der Waals surface area (Å²) in [7, 11) is 1.95. The lowest BCUT2D eigenvalue weighted by atomic mass is 10.1. The van der Waals surface area contributed by atoms with Crippen LogP contribution in [0.4, 0.5) is 5.69 Å². The van der Waals surface area contributed by atoms with Gasteiger partial charge in [0, 0.05) is 19.3 Å². The third-order valence-corrected chi connectivity index (χ3v) is 2.85. The molecule has 0 spiro atoms. The molecule has 0 aromatic heterocycles. The van der Waals surface area contributed by atoms with E-state index in [9.17, 15) is 0 Å². The molecule has 0 heterocycles. The molecular formula is C13H22N2. The highest BCUT2D eigenvalue weighted by Gasteiger charge is 1.99. The molecule has 1 aromatic rings. The summed E-state index contributed by atoms with van der Waals surface area (Å²) in [6.45, 7) is 7.88. The van der Waals surface area contributed by atoms with Crippen LogP contribution in [-0.2, 0) is 6.42 Å². The Kier molecular flexibility index (Phi) is 5.19. The van der Waals surface area contributed by atoms with Gasteiger partial charge in [-0.1, -0.05) is 26.0 Å². The average molecular weight is 206 g/mol. The van der Waals surface area contributed by atoms with Gasteiger partial charge in [0.1, 0.15) is 0 Å². The van der Waals surface area contributed by atoms with E-state index in [2.05, 4.69) is 48.3 Å². The number of likely N-dealkylation sites (N-methyl/N-ethyl adjacent to an activating group) is 1. The third-order valence-electron chi connectivity index (χ3n) is 2.85. The van der Waals surface area contributed by atoms with Gasteiger partial charge in [0.25, 0.3) is 0 Å². The zero-order valence-electron chi connectivity index (χ0n) is 10.1. The Morgan fingerprint density at radius 2 is 1.67 bits per heavy atom. The predicted molar refractivity (Wildman–Crippen MR) is 67.5 cm³/mol. The minimum absolute atomic E-state index is 1.14. The number of hydrogen-bond acceptors (Lipinski definition) is 2. The molecule has 2 heteroatoms. The van der Waals surface area contributed by atoms with E-state index in [1.807, 2.05) is 7.05 Å². The van der Waals surface area contributed by atoms with Crippen molar-refractivity contribution in [2.45, 2.75) is 20.3 Å². The van der Waals surface area contributed by atoms with Gasteiger partial charge in [-0.3, -0.25) is 0 Å². The molecule has 0 amide bonds. The van der Waals surface area contributed by atoms with Crippen molar-refractivity contribution in [2.24, 2.45) is 0 Å². The van der Waals surface area contributed by atoms with E-state index in [4.69, 9.17) is 0 Å². The van der Waals surface area contributed by atoms with E-state index in [-0.39, 0.29) is 0 Å². The Labute approximate surface area is 93.3 Å². The standard InChI is InChI=1S/C13H22N2/c1-4-15(5-2)11-10-12-6-8-13(14-3)9-7-12/h6-9,14H,4-5,10-11H2,1-3H3. The van der Waals surface area contributed by atoms with Crippen LogP contribution >= 0.6 is 0 Å². The molecule has 0 atom stereocenters. The van der Waals surface area contributed by atoms with Crippen molar-refractivity contribution in [3.63, 3.8) is 0 Å². The predicted octanol–water partition coefficient (Wildman–Crippen LogP) is 2.61. The highest BCUT2D eigenvalue weighted by atomic mass is 15.1. The Balaban J connectivity index is 2.43. The highest BCUT2D eigenvalue weighted by molar-refractivity contribution is 5.43. The number of rotatable bonds is 6. The van der Waals surface area contributed by atoms with Crippen molar-refractivity contribution in [1.29, 1.82) is 0 Å². The Morgan fingerprint density at radius 1 is 1.07 bits per heavy atom. The van der Waals surface area contributed by atoms with Crippen LogP contribution in [0.15, 0.2) is 24.3 Å². The Hall–Kier alpha value is -1.02. The number of anilines is 1. The van der Waals surface area contributed by atoms with Crippen LogP contribution in [0, 0.1) is 0 Å². The number of nitrogens with one attached hydrogen (secondary N) is 1. The molecule has 1 aromatic carbocycles. The quantitative estimate of drug-likeness (QED) is 0.769. The van der Waals surface area contributed by atoms with Gasteiger partial charge in [0.05, 0.1) is 0 Å². The largest absolute Gasteiger partial charge is 0.388 e. The van der Waals surface area contributed by atoms with Crippen molar-refractivity contribution >= 4 is 5.69 Å². The van der Waals surface area contributed by atoms with E-state index in [1.165, 1.54) is 11.3 Å². The van der Waals surface area contributed by atoms with E-state index in [1.54, 1.807) is 0 Å². The normalized spacial score (nSPS) is 10.7. The number of hydrogen-bond donors (Lipinski definition) is 1. The summed E-state index contributed by atoms with van der Waals surface area (Å²) in [5.41, 5.74) is 2.60. The smallest absolute Gasteiger partial charge is 0.0337 e. The lowest BCUT2D eigenvalue weighted by molar-refractivity contribution is 0.308. The highest BCUT2D eigenvalue weighted by Crippen LogP contribution is 2.09. The first-order valence-electron chi connectivity index (χ1n) is 5.79. The lowest BCUT2D eigenvalue weighted by Crippen LogP contribution is -2.25. The molecular weight excluding hydrogens is 184 g/mol. The first-order valence-corrected chi connectivity index (χ1v) is 5.79. The van der Waals surface area contributed by atoms with Gasteiger partial charge in [0.2, 0.25) is 0 Å². The summed E-state index contributed by atoms with van der Waals surface area (Å²) in [6.07, 6.45) is 1.14. The lowest BCUT2D eigenvalue weighted by Gasteiger charge is -2.17. The molecule has 2 nitrogen and oxygen atoms in total. The van der Waals surface area contributed by atoms with Crippen molar-refractivity contribution in [1.82, 2.24) is 4.90 Å². The van der Waals surface area contributed by atoms with Crippen LogP contribution in [0.1, 0.15) is 19.4 Å². The Bertz CT molecular complexity index is 262. The average Bonchev–Trinajstić information content (AvgIpc) is 2.31. The zero-order chi connectivity index (χ0) is 11.1. The second kappa shape index (κ2) is 6.46. The minimum Gasteiger partial charge on any atom is -0.388 e. The van der Waals surface area contributed by atoms with Crippen LogP contribution in [0.25, 0.3) is 0 Å². The fourth-order valence-corrected chi connectivity index (χ4v) is 1.67. The topological polar surface area (TPSA) is 15.3 Å². The molecule has 0 aliphatic rings. The summed E-state index contributed by atoms with van der Waals surface area (Å²) in [5, 5.41) is 3.13. The molecule has 1 N–H and O–H groups in total. The molecule has 0 unspecified atom stereocenters. The number of benzene rings is 1. The third kappa shape index (κ3) is 3.92. The zero-order valence-corrected chi connectivity index (χ0v) is 10.1. The van der Waals surface area contributed by atoms with Crippen molar-refractivity contribution < 1.29 is 0 Å². The first-order chi connectivity index (χ1) is 7.30. The van der Waals surface area contributed by atoms with Gasteiger partial charge >= 0.3 is 0 Å². The summed E-state index contributed by atoms with van der Waals surface area (Å²) < 4.78 is 0. The summed E-state index contributed by atoms with van der Waals surface area (Å²) >= 11 is 0. The van der Waals surface area contributed by atoms with E-state index in [0.717, 1.165) is 26.1 Å². The molecule has 0 saturated carbocycles. The summed E-state index contributed by atoms with van der Waals surface area (Å²) in [5.74, 6) is 0. The van der Waals surface area contributed by atoms with Crippen LogP contribution in [0.3, 0.4) is 0 Å². The Morgan fingerprint density at radius 3 is 2.13 bits per heavy atom. The van der Waals surface area contributed by atoms with Gasteiger partial charge in [-0.2, -0.15) is 0 Å². The second-order valence-corrected chi connectivity index (χ2v) is 3.72. The van der Waals surface area contributed by atoms with Crippen molar-refractivity contribution in [3.05, 3.63) is 29.8 Å². The molecule has 1 rings (SSSR count). The molecule has 0 aliphatic carbocycles. The van der Waals surface area contributed by atoms with Gasteiger partial charge in [-0.05, 0) is 37.2 Å². The maximum absolute atomic E-state index is 3.13. The van der Waals surface area contributed by atoms with Crippen LogP contribution in [-0.4, -0.2) is 31.6 Å². The monoisotopic (exact) mass is 206 g/mol. The molecule has 15 heavy (non-hydrogen) atoms. The van der Waals surface area contributed by atoms with Crippen molar-refractivity contribution in [3.8, 4) is 0 Å². The molecule has 0 radical (unpaired) electrons. The maximum atomic E-state index is 3.13. The SMILES string of the molecule is CCN(CC)CCc1ccc(NC)cc1. The fourth-order valence-electron chi connectivity index (χ4n) is 1.67. The van der Waals surface area contributed by atoms with Crippen molar-refractivity contribution in [2.75, 3.05) is 32.0 Å². The number of nitrogens with zero attached hydrogens (tertiary/aromatic N) is 1. The second-order valence-electron chi connectivity index (χ2n) is 3.72. The fraction of sp³-hybridized carbons (Fsp3) is 0.538. The van der Waals surface area contributed by atoms with Gasteiger partial charge in [-0.15, -0.1) is 0 Å². The molecule has 0 fully saturated rings. The maximum Gasteiger partial charge on any atom is 0.0337 e. The van der Waals surface area contributed by atoms with Gasteiger partial charge in [-0.25, -0.2) is 0 Å².